The summed E-state index contributed by atoms with van der Waals surface area (Å²) in [5, 5.41) is 23.0. The van der Waals surface area contributed by atoms with Crippen LogP contribution in [0.15, 0.2) is 29.4 Å². The molecule has 28 heavy (non-hydrogen) atoms. The molecule has 1 aliphatic heterocycles. The van der Waals surface area contributed by atoms with Crippen LogP contribution in [-0.2, 0) is 11.2 Å². The Morgan fingerprint density at radius 1 is 1.39 bits per heavy atom. The van der Waals surface area contributed by atoms with E-state index in [9.17, 15) is 19.7 Å². The molecule has 0 aliphatic carbocycles. The zero-order valence-corrected chi connectivity index (χ0v) is 16.9. The number of benzene rings is 1. The number of hydrogen-bond acceptors (Lipinski definition) is 8. The number of carbonyl (C=O) groups is 2. The minimum Gasteiger partial charge on any atom is -0.354 e. The number of nitro benzene ring substituents is 1. The number of hydrazone groups is 1. The van der Waals surface area contributed by atoms with Gasteiger partial charge < -0.3 is 10.6 Å². The van der Waals surface area contributed by atoms with E-state index < -0.39 is 17.0 Å². The molecule has 0 saturated carbocycles. The fourth-order valence-electron chi connectivity index (χ4n) is 2.33. The van der Waals surface area contributed by atoms with E-state index in [1.807, 2.05) is 6.92 Å². The summed E-state index contributed by atoms with van der Waals surface area (Å²) in [6.07, 6.45) is 1.94. The first kappa shape index (κ1) is 21.8. The van der Waals surface area contributed by atoms with Gasteiger partial charge in [-0.15, -0.1) is 12.6 Å². The quantitative estimate of drug-likeness (QED) is 0.185. The number of urea groups is 1. The average Bonchev–Trinajstić information content (AvgIpc) is 3.06. The number of thioether (sulfide) groups is 1. The molecule has 1 aromatic rings. The van der Waals surface area contributed by atoms with Crippen molar-refractivity contribution in [1.29, 1.82) is 0 Å². The maximum absolute atomic E-state index is 12.5. The number of amides is 3. The molecule has 4 N–H and O–H groups in total. The number of non-ortho nitro benzene ring substituents is 1. The molecule has 2 atom stereocenters. The van der Waals surface area contributed by atoms with Crippen LogP contribution in [-0.4, -0.2) is 39.3 Å². The first-order valence-corrected chi connectivity index (χ1v) is 10.0. The first-order chi connectivity index (χ1) is 13.4. The fraction of sp³-hybridized carbons (Fsp3) is 0.438. The van der Waals surface area contributed by atoms with Gasteiger partial charge in [0.2, 0.25) is 5.91 Å². The van der Waals surface area contributed by atoms with E-state index in [0.717, 1.165) is 12.8 Å². The molecular formula is C16H22N6O4S2. The first-order valence-electron chi connectivity index (χ1n) is 8.65. The van der Waals surface area contributed by atoms with Gasteiger partial charge in [0, 0.05) is 25.1 Å². The Bertz CT molecular complexity index is 743. The third-order valence-corrected chi connectivity index (χ3v) is 4.94. The number of thiol groups is 1. The van der Waals surface area contributed by atoms with Crippen LogP contribution in [0.1, 0.15) is 25.3 Å². The predicted octanol–water partition coefficient (Wildman–Crippen LogP) is 1.54. The summed E-state index contributed by atoms with van der Waals surface area (Å²) in [6.45, 7) is 2.51. The highest BCUT2D eigenvalue weighted by Gasteiger charge is 2.23. The van der Waals surface area contributed by atoms with Gasteiger partial charge in [-0.05, 0) is 23.7 Å². The van der Waals surface area contributed by atoms with Crippen LogP contribution in [0.2, 0.25) is 0 Å². The van der Waals surface area contributed by atoms with Gasteiger partial charge in [-0.2, -0.15) is 5.10 Å². The second kappa shape index (κ2) is 10.8. The summed E-state index contributed by atoms with van der Waals surface area (Å²) in [5.74, 6) is -0.326. The van der Waals surface area contributed by atoms with Gasteiger partial charge in [0.1, 0.15) is 10.7 Å². The molecule has 0 spiro atoms. The summed E-state index contributed by atoms with van der Waals surface area (Å²) in [7, 11) is 0. The lowest BCUT2D eigenvalue weighted by Gasteiger charge is -2.19. The highest BCUT2D eigenvalue weighted by atomic mass is 32.2. The summed E-state index contributed by atoms with van der Waals surface area (Å²) in [6, 6.07) is 4.44. The van der Waals surface area contributed by atoms with Crippen LogP contribution in [0.5, 0.6) is 0 Å². The van der Waals surface area contributed by atoms with Gasteiger partial charge in [-0.3, -0.25) is 25.7 Å². The second-order valence-electron chi connectivity index (χ2n) is 5.94. The summed E-state index contributed by atoms with van der Waals surface area (Å²) in [4.78, 5) is 35.0. The van der Waals surface area contributed by atoms with Crippen molar-refractivity contribution >= 4 is 47.2 Å². The second-order valence-corrected chi connectivity index (χ2v) is 7.90. The number of nitrogens with one attached hydrogen (secondary N) is 4. The smallest absolute Gasteiger partial charge is 0.321 e. The van der Waals surface area contributed by atoms with E-state index in [1.165, 1.54) is 23.9 Å². The molecule has 152 valence electrons. The van der Waals surface area contributed by atoms with Crippen LogP contribution in [0.3, 0.4) is 0 Å². The zero-order valence-electron chi connectivity index (χ0n) is 15.2. The molecule has 10 nitrogen and oxygen atoms in total. The lowest BCUT2D eigenvalue weighted by atomic mass is 10.0. The Balaban J connectivity index is 2.02. The van der Waals surface area contributed by atoms with Gasteiger partial charge in [-0.1, -0.05) is 25.5 Å². The van der Waals surface area contributed by atoms with Gasteiger partial charge in [0.15, 0.2) is 5.17 Å². The molecule has 12 heteroatoms. The van der Waals surface area contributed by atoms with Crippen LogP contribution in [0, 0.1) is 10.1 Å². The molecule has 1 aromatic carbocycles. The topological polar surface area (TPSA) is 138 Å². The Morgan fingerprint density at radius 3 is 2.68 bits per heavy atom. The highest BCUT2D eigenvalue weighted by molar-refractivity contribution is 8.21. The van der Waals surface area contributed by atoms with Crippen LogP contribution < -0.4 is 21.4 Å². The molecule has 0 radical (unpaired) electrons. The Morgan fingerprint density at radius 2 is 2.11 bits per heavy atom. The van der Waals surface area contributed by atoms with E-state index >= 15 is 0 Å². The molecular weight excluding hydrogens is 404 g/mol. The normalized spacial score (nSPS) is 16.5. The summed E-state index contributed by atoms with van der Waals surface area (Å²) >= 11 is 5.39. The maximum Gasteiger partial charge on any atom is 0.321 e. The standard InChI is InChI=1S/C16H22N6O4S2/c1-2-3-8-17-13(23)12(9-10-4-6-11(7-5-10)22(25)26)18-14(24)19-15-20-21-16(27)28-15/h4-7,12,16,21,27H,2-3,8-9H2,1H3,(H,17,23)(H2,18,19,20,24)/t12-,16?/m0/s1. The van der Waals surface area contributed by atoms with Crippen LogP contribution in [0.25, 0.3) is 0 Å². The minimum absolute atomic E-state index is 0.0384. The SMILES string of the molecule is CCCCNC(=O)[C@H](Cc1ccc([N+](=O)[O-])cc1)NC(=O)NC1=NNC(S)S1. The van der Waals surface area contributed by atoms with E-state index in [4.69, 9.17) is 0 Å². The summed E-state index contributed by atoms with van der Waals surface area (Å²) < 4.78 is -0.247. The van der Waals surface area contributed by atoms with Crippen LogP contribution in [0.4, 0.5) is 10.5 Å². The molecule has 0 bridgehead atoms. The van der Waals surface area contributed by atoms with Gasteiger partial charge >= 0.3 is 6.03 Å². The van der Waals surface area contributed by atoms with Gasteiger partial charge in [0.25, 0.3) is 5.69 Å². The van der Waals surface area contributed by atoms with E-state index in [1.54, 1.807) is 12.1 Å². The molecule has 1 aliphatic rings. The zero-order chi connectivity index (χ0) is 20.5. The molecule has 3 amide bonds. The molecule has 1 unspecified atom stereocenters. The average molecular weight is 427 g/mol. The van der Waals surface area contributed by atoms with Crippen molar-refractivity contribution in [2.24, 2.45) is 5.10 Å². The Hall–Kier alpha value is -2.47. The van der Waals surface area contributed by atoms with Crippen molar-refractivity contribution in [2.45, 2.75) is 36.9 Å². The maximum atomic E-state index is 12.5. The van der Waals surface area contributed by atoms with Gasteiger partial charge in [-0.25, -0.2) is 4.79 Å². The van der Waals surface area contributed by atoms with Crippen molar-refractivity contribution in [2.75, 3.05) is 6.54 Å². The van der Waals surface area contributed by atoms with Crippen molar-refractivity contribution < 1.29 is 14.5 Å². The number of nitrogens with zero attached hydrogens (tertiary/aromatic N) is 2. The minimum atomic E-state index is -0.843. The fourth-order valence-corrected chi connectivity index (χ4v) is 3.26. The third kappa shape index (κ3) is 6.93. The monoisotopic (exact) mass is 426 g/mol. The predicted molar refractivity (Wildman–Crippen MR) is 111 cm³/mol. The molecule has 2 rings (SSSR count). The molecule has 0 saturated heterocycles. The highest BCUT2D eigenvalue weighted by Crippen LogP contribution is 2.18. The summed E-state index contributed by atoms with van der Waals surface area (Å²) in [5.41, 5.74) is 3.33. The molecule has 0 aromatic heterocycles. The number of rotatable bonds is 8. The van der Waals surface area contributed by atoms with E-state index in [2.05, 4.69) is 39.1 Å². The van der Waals surface area contributed by atoms with Crippen molar-refractivity contribution in [3.8, 4) is 0 Å². The number of hydrogen-bond donors (Lipinski definition) is 5. The van der Waals surface area contributed by atoms with E-state index in [0.29, 0.717) is 17.3 Å². The van der Waals surface area contributed by atoms with Crippen molar-refractivity contribution in [3.63, 3.8) is 0 Å². The van der Waals surface area contributed by atoms with Crippen molar-refractivity contribution in [1.82, 2.24) is 21.4 Å². The van der Waals surface area contributed by atoms with Crippen molar-refractivity contribution in [3.05, 3.63) is 39.9 Å². The molecule has 0 fully saturated rings. The number of carbonyl (C=O) groups excluding carboxylic acids is 2. The lowest BCUT2D eigenvalue weighted by molar-refractivity contribution is -0.384. The lowest BCUT2D eigenvalue weighted by Crippen LogP contribution is -2.51. The third-order valence-electron chi connectivity index (χ3n) is 3.76. The number of amidine groups is 1. The van der Waals surface area contributed by atoms with E-state index in [-0.39, 0.29) is 22.7 Å². The molecule has 1 heterocycles. The largest absolute Gasteiger partial charge is 0.354 e. The number of nitro groups is 1. The number of unbranched alkanes of at least 4 members (excludes halogenated alkanes) is 1. The Labute approximate surface area is 171 Å². The van der Waals surface area contributed by atoms with Crippen LogP contribution >= 0.6 is 24.4 Å². The Kier molecular flexibility index (Phi) is 8.39. The van der Waals surface area contributed by atoms with Gasteiger partial charge in [0.05, 0.1) is 4.92 Å².